The molecule has 1 heterocycles. The number of aryl methyl sites for hydroxylation is 1. The molecule has 1 atom stereocenters. The van der Waals surface area contributed by atoms with E-state index in [1.807, 2.05) is 43.3 Å². The first-order valence-electron chi connectivity index (χ1n) is 6.63. The van der Waals surface area contributed by atoms with Gasteiger partial charge in [-0.25, -0.2) is 9.97 Å². The Morgan fingerprint density at radius 3 is 2.37 bits per heavy atom. The highest BCUT2D eigenvalue weighted by Gasteiger charge is 2.19. The Labute approximate surface area is 114 Å². The zero-order chi connectivity index (χ0) is 13.8. The zero-order valence-electron chi connectivity index (χ0n) is 11.7. The number of hydrogen-bond acceptors (Lipinski definition) is 3. The van der Waals surface area contributed by atoms with Gasteiger partial charge in [0.25, 0.3) is 0 Å². The Morgan fingerprint density at radius 1 is 1.11 bits per heavy atom. The highest BCUT2D eigenvalue weighted by molar-refractivity contribution is 5.59. The normalized spacial score (nSPS) is 12.7. The number of nitrogens with zero attached hydrogens (tertiary/aromatic N) is 2. The van der Waals surface area contributed by atoms with Crippen molar-refractivity contribution in [1.82, 2.24) is 9.97 Å². The second kappa shape index (κ2) is 5.93. The Bertz CT molecular complexity index is 538. The summed E-state index contributed by atoms with van der Waals surface area (Å²) >= 11 is 0. The summed E-state index contributed by atoms with van der Waals surface area (Å²) in [4.78, 5) is 9.11. The standard InChI is InChI=1S/C16H20N2O/c1-11(2)14(10-19)16-17-12(3)9-15(18-16)13-7-5-4-6-8-13/h4-9,11,14,19H,10H2,1-3H3. The van der Waals surface area contributed by atoms with E-state index in [4.69, 9.17) is 0 Å². The molecule has 0 saturated carbocycles. The lowest BCUT2D eigenvalue weighted by Gasteiger charge is -2.18. The average molecular weight is 256 g/mol. The van der Waals surface area contributed by atoms with Crippen LogP contribution in [-0.2, 0) is 0 Å². The molecule has 3 heteroatoms. The van der Waals surface area contributed by atoms with E-state index >= 15 is 0 Å². The maximum Gasteiger partial charge on any atom is 0.134 e. The van der Waals surface area contributed by atoms with Crippen LogP contribution in [0.15, 0.2) is 36.4 Å². The van der Waals surface area contributed by atoms with Crippen LogP contribution in [0.3, 0.4) is 0 Å². The van der Waals surface area contributed by atoms with Crippen molar-refractivity contribution in [3.8, 4) is 11.3 Å². The van der Waals surface area contributed by atoms with E-state index in [2.05, 4.69) is 23.8 Å². The van der Waals surface area contributed by atoms with Crippen LogP contribution >= 0.6 is 0 Å². The van der Waals surface area contributed by atoms with Crippen molar-refractivity contribution < 1.29 is 5.11 Å². The van der Waals surface area contributed by atoms with Gasteiger partial charge in [0.2, 0.25) is 0 Å². The van der Waals surface area contributed by atoms with Crippen LogP contribution < -0.4 is 0 Å². The minimum absolute atomic E-state index is 0.0117. The molecule has 0 aliphatic rings. The molecule has 2 rings (SSSR count). The molecule has 2 aromatic rings. The summed E-state index contributed by atoms with van der Waals surface area (Å²) in [6, 6.07) is 12.0. The first kappa shape index (κ1) is 13.7. The molecular weight excluding hydrogens is 236 g/mol. The molecule has 1 aromatic heterocycles. The van der Waals surface area contributed by atoms with Crippen LogP contribution in [0.4, 0.5) is 0 Å². The lowest BCUT2D eigenvalue weighted by Crippen LogP contribution is -2.15. The Kier molecular flexibility index (Phi) is 4.27. The first-order valence-corrected chi connectivity index (χ1v) is 6.63. The van der Waals surface area contributed by atoms with Crippen LogP contribution in [-0.4, -0.2) is 21.7 Å². The molecule has 0 fully saturated rings. The molecule has 100 valence electrons. The predicted octanol–water partition coefficient (Wildman–Crippen LogP) is 3.18. The van der Waals surface area contributed by atoms with Crippen molar-refractivity contribution in [3.05, 3.63) is 47.9 Å². The van der Waals surface area contributed by atoms with Crippen LogP contribution in [0, 0.1) is 12.8 Å². The summed E-state index contributed by atoms with van der Waals surface area (Å²) in [6.45, 7) is 6.20. The molecule has 0 saturated heterocycles. The minimum Gasteiger partial charge on any atom is -0.396 e. The third-order valence-electron chi connectivity index (χ3n) is 3.27. The van der Waals surface area contributed by atoms with E-state index in [0.717, 1.165) is 22.8 Å². The van der Waals surface area contributed by atoms with Gasteiger partial charge in [-0.15, -0.1) is 0 Å². The molecule has 1 N–H and O–H groups in total. The molecule has 1 unspecified atom stereocenters. The third kappa shape index (κ3) is 3.18. The fraction of sp³-hybridized carbons (Fsp3) is 0.375. The summed E-state index contributed by atoms with van der Waals surface area (Å²) in [5.74, 6) is 1.04. The van der Waals surface area contributed by atoms with Gasteiger partial charge in [0.15, 0.2) is 0 Å². The van der Waals surface area contributed by atoms with Crippen LogP contribution in [0.25, 0.3) is 11.3 Å². The fourth-order valence-electron chi connectivity index (χ4n) is 2.10. The molecule has 0 amide bonds. The monoisotopic (exact) mass is 256 g/mol. The summed E-state index contributed by atoms with van der Waals surface area (Å²) in [5, 5.41) is 9.52. The van der Waals surface area contributed by atoms with Crippen molar-refractivity contribution in [3.63, 3.8) is 0 Å². The molecule has 0 aliphatic heterocycles. The van der Waals surface area contributed by atoms with E-state index in [-0.39, 0.29) is 12.5 Å². The van der Waals surface area contributed by atoms with E-state index in [0.29, 0.717) is 5.92 Å². The number of benzene rings is 1. The van der Waals surface area contributed by atoms with Gasteiger partial charge in [0.1, 0.15) is 5.82 Å². The lowest BCUT2D eigenvalue weighted by molar-refractivity contribution is 0.231. The highest BCUT2D eigenvalue weighted by Crippen LogP contribution is 2.24. The quantitative estimate of drug-likeness (QED) is 0.913. The maximum atomic E-state index is 9.52. The van der Waals surface area contributed by atoms with Crippen molar-refractivity contribution in [2.24, 2.45) is 5.92 Å². The summed E-state index contributed by atoms with van der Waals surface area (Å²) in [6.07, 6.45) is 0. The van der Waals surface area contributed by atoms with Gasteiger partial charge in [0, 0.05) is 17.2 Å². The minimum atomic E-state index is -0.0117. The molecule has 0 spiro atoms. The number of aromatic nitrogens is 2. The largest absolute Gasteiger partial charge is 0.396 e. The zero-order valence-corrected chi connectivity index (χ0v) is 11.7. The van der Waals surface area contributed by atoms with Crippen LogP contribution in [0.2, 0.25) is 0 Å². The van der Waals surface area contributed by atoms with E-state index in [1.54, 1.807) is 0 Å². The van der Waals surface area contributed by atoms with Gasteiger partial charge in [-0.3, -0.25) is 0 Å². The molecule has 3 nitrogen and oxygen atoms in total. The fourth-order valence-corrected chi connectivity index (χ4v) is 2.10. The van der Waals surface area contributed by atoms with Gasteiger partial charge in [-0.05, 0) is 18.9 Å². The van der Waals surface area contributed by atoms with E-state index in [1.165, 1.54) is 0 Å². The molecule has 0 aliphatic carbocycles. The summed E-state index contributed by atoms with van der Waals surface area (Å²) in [5.41, 5.74) is 2.93. The second-order valence-corrected chi connectivity index (χ2v) is 5.15. The molecule has 19 heavy (non-hydrogen) atoms. The number of rotatable bonds is 4. The number of aliphatic hydroxyl groups excluding tert-OH is 1. The smallest absolute Gasteiger partial charge is 0.134 e. The Morgan fingerprint density at radius 2 is 1.79 bits per heavy atom. The van der Waals surface area contributed by atoms with Gasteiger partial charge >= 0.3 is 0 Å². The van der Waals surface area contributed by atoms with Crippen LogP contribution in [0.5, 0.6) is 0 Å². The third-order valence-corrected chi connectivity index (χ3v) is 3.27. The lowest BCUT2D eigenvalue weighted by atomic mass is 9.95. The Balaban J connectivity index is 2.45. The molecule has 0 bridgehead atoms. The topological polar surface area (TPSA) is 46.0 Å². The van der Waals surface area contributed by atoms with Crippen LogP contribution in [0.1, 0.15) is 31.3 Å². The molecule has 0 radical (unpaired) electrons. The summed E-state index contributed by atoms with van der Waals surface area (Å²) in [7, 11) is 0. The molecule has 1 aromatic carbocycles. The number of hydrogen-bond donors (Lipinski definition) is 1. The summed E-state index contributed by atoms with van der Waals surface area (Å²) < 4.78 is 0. The second-order valence-electron chi connectivity index (χ2n) is 5.15. The van der Waals surface area contributed by atoms with Crippen molar-refractivity contribution in [2.45, 2.75) is 26.7 Å². The van der Waals surface area contributed by atoms with Crippen molar-refractivity contribution in [1.29, 1.82) is 0 Å². The van der Waals surface area contributed by atoms with Gasteiger partial charge < -0.3 is 5.11 Å². The Hall–Kier alpha value is -1.74. The maximum absolute atomic E-state index is 9.52. The average Bonchev–Trinajstić information content (AvgIpc) is 2.39. The van der Waals surface area contributed by atoms with Gasteiger partial charge in [-0.1, -0.05) is 44.2 Å². The highest BCUT2D eigenvalue weighted by atomic mass is 16.3. The van der Waals surface area contributed by atoms with Gasteiger partial charge in [-0.2, -0.15) is 0 Å². The molecular formula is C16H20N2O. The predicted molar refractivity (Wildman–Crippen MR) is 76.9 cm³/mol. The SMILES string of the molecule is Cc1cc(-c2ccccc2)nc(C(CO)C(C)C)n1. The van der Waals surface area contributed by atoms with E-state index < -0.39 is 0 Å². The first-order chi connectivity index (χ1) is 9.11. The van der Waals surface area contributed by atoms with Crippen molar-refractivity contribution >= 4 is 0 Å². The van der Waals surface area contributed by atoms with Crippen molar-refractivity contribution in [2.75, 3.05) is 6.61 Å². The van der Waals surface area contributed by atoms with Gasteiger partial charge in [0.05, 0.1) is 12.3 Å². The van der Waals surface area contributed by atoms with E-state index in [9.17, 15) is 5.11 Å². The number of aliphatic hydroxyl groups is 1.